The highest BCUT2D eigenvalue weighted by Crippen LogP contribution is 2.15. The summed E-state index contributed by atoms with van der Waals surface area (Å²) in [5, 5.41) is 14.6. The zero-order valence-corrected chi connectivity index (χ0v) is 10.9. The zero-order chi connectivity index (χ0) is 13.7. The lowest BCUT2D eigenvalue weighted by atomic mass is 10.3. The summed E-state index contributed by atoms with van der Waals surface area (Å²) in [6.45, 7) is 2.89. The summed E-state index contributed by atoms with van der Waals surface area (Å²) >= 11 is 1.33. The van der Waals surface area contributed by atoms with E-state index in [2.05, 4.69) is 19.9 Å². The standard InChI is InChI=1S/C10H13N5O3S/c11-14-12-3-7-4-15(1-2-18-7)5-9-13-8(6-19-9)10(16)17/h6-7H,1-5H2,(H,16,17). The highest BCUT2D eigenvalue weighted by atomic mass is 32.1. The van der Waals surface area contributed by atoms with Crippen molar-refractivity contribution in [1.82, 2.24) is 9.88 Å². The Morgan fingerprint density at radius 1 is 1.79 bits per heavy atom. The van der Waals surface area contributed by atoms with E-state index in [1.165, 1.54) is 16.7 Å². The van der Waals surface area contributed by atoms with Crippen LogP contribution in [0.5, 0.6) is 0 Å². The Labute approximate surface area is 113 Å². The molecule has 0 saturated carbocycles. The number of carboxylic acids is 1. The molecule has 0 spiro atoms. The molecule has 0 radical (unpaired) electrons. The van der Waals surface area contributed by atoms with Gasteiger partial charge in [-0.3, -0.25) is 4.90 Å². The van der Waals surface area contributed by atoms with E-state index in [0.717, 1.165) is 11.6 Å². The number of carboxylic acid groups (broad SMARTS) is 1. The minimum absolute atomic E-state index is 0.0823. The average Bonchev–Trinajstić information content (AvgIpc) is 2.85. The van der Waals surface area contributed by atoms with Crippen molar-refractivity contribution >= 4 is 17.3 Å². The molecule has 0 aliphatic carbocycles. The van der Waals surface area contributed by atoms with Crippen molar-refractivity contribution in [3.8, 4) is 0 Å². The molecule has 1 aliphatic rings. The number of ether oxygens (including phenoxy) is 1. The Bertz CT molecular complexity index is 499. The molecule has 1 aromatic heterocycles. The molecule has 1 aromatic rings. The van der Waals surface area contributed by atoms with Gasteiger partial charge in [0, 0.05) is 23.4 Å². The highest BCUT2D eigenvalue weighted by molar-refractivity contribution is 7.09. The lowest BCUT2D eigenvalue weighted by Gasteiger charge is -2.31. The Morgan fingerprint density at radius 3 is 3.32 bits per heavy atom. The van der Waals surface area contributed by atoms with E-state index in [4.69, 9.17) is 15.4 Å². The highest BCUT2D eigenvalue weighted by Gasteiger charge is 2.21. The lowest BCUT2D eigenvalue weighted by molar-refractivity contribution is -0.0260. The first-order valence-corrected chi connectivity index (χ1v) is 6.59. The maximum absolute atomic E-state index is 10.7. The third kappa shape index (κ3) is 3.90. The van der Waals surface area contributed by atoms with Crippen LogP contribution in [0.1, 0.15) is 15.5 Å². The van der Waals surface area contributed by atoms with Gasteiger partial charge in [-0.05, 0) is 5.53 Å². The Kier molecular flexibility index (Phi) is 4.69. The first kappa shape index (κ1) is 13.8. The second-order valence-electron chi connectivity index (χ2n) is 4.07. The molecular formula is C10H13N5O3S. The van der Waals surface area contributed by atoms with Crippen LogP contribution in [-0.4, -0.2) is 53.3 Å². The van der Waals surface area contributed by atoms with Gasteiger partial charge in [0.05, 0.1) is 25.8 Å². The molecule has 9 heteroatoms. The predicted molar refractivity (Wildman–Crippen MR) is 68.1 cm³/mol. The number of hydrogen-bond acceptors (Lipinski definition) is 6. The van der Waals surface area contributed by atoms with Crippen LogP contribution >= 0.6 is 11.3 Å². The van der Waals surface area contributed by atoms with Crippen molar-refractivity contribution in [1.29, 1.82) is 0 Å². The molecule has 2 heterocycles. The summed E-state index contributed by atoms with van der Waals surface area (Å²) in [5.74, 6) is -1.01. The van der Waals surface area contributed by atoms with Gasteiger partial charge in [0.15, 0.2) is 5.69 Å². The number of carbonyl (C=O) groups is 1. The fraction of sp³-hybridized carbons (Fsp3) is 0.600. The lowest BCUT2D eigenvalue weighted by Crippen LogP contribution is -2.43. The van der Waals surface area contributed by atoms with E-state index >= 15 is 0 Å². The van der Waals surface area contributed by atoms with Crippen LogP contribution in [0.2, 0.25) is 0 Å². The first-order chi connectivity index (χ1) is 9.19. The van der Waals surface area contributed by atoms with Gasteiger partial charge in [0.1, 0.15) is 5.01 Å². The number of aromatic carboxylic acids is 1. The first-order valence-electron chi connectivity index (χ1n) is 5.71. The summed E-state index contributed by atoms with van der Waals surface area (Å²) in [6, 6.07) is 0. The van der Waals surface area contributed by atoms with Crippen LogP contribution in [0.15, 0.2) is 10.5 Å². The van der Waals surface area contributed by atoms with Gasteiger partial charge in [-0.2, -0.15) is 0 Å². The monoisotopic (exact) mass is 283 g/mol. The molecule has 1 atom stereocenters. The Morgan fingerprint density at radius 2 is 2.63 bits per heavy atom. The third-order valence-corrected chi connectivity index (χ3v) is 3.53. The fourth-order valence-electron chi connectivity index (χ4n) is 1.84. The van der Waals surface area contributed by atoms with Crippen molar-refractivity contribution in [2.75, 3.05) is 26.2 Å². The largest absolute Gasteiger partial charge is 0.476 e. The minimum atomic E-state index is -1.01. The van der Waals surface area contributed by atoms with E-state index in [9.17, 15) is 4.79 Å². The number of hydrogen-bond donors (Lipinski definition) is 1. The molecule has 1 aliphatic heterocycles. The molecule has 19 heavy (non-hydrogen) atoms. The minimum Gasteiger partial charge on any atom is -0.476 e. The van der Waals surface area contributed by atoms with Gasteiger partial charge < -0.3 is 9.84 Å². The van der Waals surface area contributed by atoms with Crippen LogP contribution < -0.4 is 0 Å². The fourth-order valence-corrected chi connectivity index (χ4v) is 2.64. The normalized spacial score (nSPS) is 19.9. The van der Waals surface area contributed by atoms with E-state index in [1.807, 2.05) is 0 Å². The third-order valence-electron chi connectivity index (χ3n) is 2.70. The molecule has 102 valence electrons. The maximum atomic E-state index is 10.7. The Hall–Kier alpha value is -1.67. The molecule has 2 rings (SSSR count). The number of aromatic nitrogens is 1. The summed E-state index contributed by atoms with van der Waals surface area (Å²) in [7, 11) is 0. The number of azide groups is 1. The molecule has 1 N–H and O–H groups in total. The summed E-state index contributed by atoms with van der Waals surface area (Å²) in [4.78, 5) is 19.6. The van der Waals surface area contributed by atoms with Gasteiger partial charge in [-0.15, -0.1) is 11.3 Å². The van der Waals surface area contributed by atoms with Crippen molar-refractivity contribution in [3.05, 3.63) is 26.5 Å². The number of nitrogens with zero attached hydrogens (tertiary/aromatic N) is 5. The molecule has 8 nitrogen and oxygen atoms in total. The van der Waals surface area contributed by atoms with Crippen molar-refractivity contribution in [2.45, 2.75) is 12.6 Å². The van der Waals surface area contributed by atoms with E-state index in [-0.39, 0.29) is 11.8 Å². The van der Waals surface area contributed by atoms with E-state index in [0.29, 0.717) is 26.2 Å². The molecule has 1 saturated heterocycles. The predicted octanol–water partition coefficient (Wildman–Crippen LogP) is 1.35. The van der Waals surface area contributed by atoms with Crippen LogP contribution in [-0.2, 0) is 11.3 Å². The average molecular weight is 283 g/mol. The summed E-state index contributed by atoms with van der Waals surface area (Å²) in [6.07, 6.45) is -0.108. The second-order valence-corrected chi connectivity index (χ2v) is 5.02. The van der Waals surface area contributed by atoms with Gasteiger partial charge in [0.25, 0.3) is 0 Å². The topological polar surface area (TPSA) is 111 Å². The number of morpholine rings is 1. The van der Waals surface area contributed by atoms with E-state index in [1.54, 1.807) is 0 Å². The van der Waals surface area contributed by atoms with Crippen molar-refractivity contribution in [2.24, 2.45) is 5.11 Å². The molecular weight excluding hydrogens is 270 g/mol. The smallest absolute Gasteiger partial charge is 0.355 e. The van der Waals surface area contributed by atoms with Crippen molar-refractivity contribution < 1.29 is 14.6 Å². The summed E-state index contributed by atoms with van der Waals surface area (Å²) in [5.41, 5.74) is 8.36. The molecule has 0 amide bonds. The zero-order valence-electron chi connectivity index (χ0n) is 10.1. The molecule has 0 bridgehead atoms. The summed E-state index contributed by atoms with van der Waals surface area (Å²) < 4.78 is 5.47. The maximum Gasteiger partial charge on any atom is 0.355 e. The van der Waals surface area contributed by atoms with Crippen LogP contribution in [0.25, 0.3) is 10.4 Å². The van der Waals surface area contributed by atoms with Gasteiger partial charge in [0.2, 0.25) is 0 Å². The number of thiazole rings is 1. The van der Waals surface area contributed by atoms with Crippen LogP contribution in [0, 0.1) is 0 Å². The van der Waals surface area contributed by atoms with Gasteiger partial charge in [-0.25, -0.2) is 9.78 Å². The molecule has 1 unspecified atom stereocenters. The van der Waals surface area contributed by atoms with E-state index < -0.39 is 5.97 Å². The SMILES string of the molecule is [N-]=[N+]=NCC1CN(Cc2nc(C(=O)O)cs2)CCO1. The van der Waals surface area contributed by atoms with Crippen LogP contribution in [0.4, 0.5) is 0 Å². The molecule has 1 fully saturated rings. The van der Waals surface area contributed by atoms with Crippen molar-refractivity contribution in [3.63, 3.8) is 0 Å². The second kappa shape index (κ2) is 6.48. The quantitative estimate of drug-likeness (QED) is 0.498. The molecule has 0 aromatic carbocycles. The van der Waals surface area contributed by atoms with Crippen LogP contribution in [0.3, 0.4) is 0 Å². The van der Waals surface area contributed by atoms with Gasteiger partial charge >= 0.3 is 5.97 Å². The Balaban J connectivity index is 1.90. The number of rotatable bonds is 5. The van der Waals surface area contributed by atoms with Gasteiger partial charge in [-0.1, -0.05) is 5.11 Å².